The van der Waals surface area contributed by atoms with E-state index < -0.39 is 0 Å². The van der Waals surface area contributed by atoms with Gasteiger partial charge in [-0.15, -0.1) is 17.0 Å². The molecular weight excluding hydrogens is 260 g/mol. The highest BCUT2D eigenvalue weighted by Gasteiger charge is 2.03. The van der Waals surface area contributed by atoms with Crippen molar-refractivity contribution in [3.8, 4) is 0 Å². The number of alkyl halides is 1. The standard InChI is InChI=1S/C6H15BrN.BrH.H3N/c1-8(2,3)6-4-5-7;;/h4-6H2,1-3H3;1H;1H3/q+1;;. The van der Waals surface area contributed by atoms with Crippen LogP contribution in [0, 0.1) is 0 Å². The van der Waals surface area contributed by atoms with E-state index in [1.165, 1.54) is 13.0 Å². The molecule has 0 aliphatic rings. The van der Waals surface area contributed by atoms with Crippen LogP contribution in [0.5, 0.6) is 0 Å². The summed E-state index contributed by atoms with van der Waals surface area (Å²) in [6.07, 6.45) is 1.27. The predicted octanol–water partition coefficient (Wildman–Crippen LogP) is 2.22. The maximum Gasteiger partial charge on any atom is 0.0788 e. The first-order chi connectivity index (χ1) is 3.56. The van der Waals surface area contributed by atoms with Gasteiger partial charge in [-0.1, -0.05) is 15.9 Å². The van der Waals surface area contributed by atoms with Crippen molar-refractivity contribution in [1.29, 1.82) is 0 Å². The maximum absolute atomic E-state index is 3.39. The van der Waals surface area contributed by atoms with Crippen LogP contribution in [0.15, 0.2) is 0 Å². The third kappa shape index (κ3) is 15.9. The number of hydrogen-bond acceptors (Lipinski definition) is 1. The molecule has 0 rings (SSSR count). The van der Waals surface area contributed by atoms with Crippen LogP contribution in [0.1, 0.15) is 6.42 Å². The summed E-state index contributed by atoms with van der Waals surface area (Å²) in [5, 5.41) is 1.13. The van der Waals surface area contributed by atoms with E-state index >= 15 is 0 Å². The summed E-state index contributed by atoms with van der Waals surface area (Å²) in [7, 11) is 6.63. The van der Waals surface area contributed by atoms with Crippen molar-refractivity contribution in [2.45, 2.75) is 6.42 Å². The first-order valence-electron chi connectivity index (χ1n) is 2.93. The van der Waals surface area contributed by atoms with Crippen LogP contribution in [0.25, 0.3) is 0 Å². The summed E-state index contributed by atoms with van der Waals surface area (Å²) in [6.45, 7) is 1.26. The van der Waals surface area contributed by atoms with Crippen molar-refractivity contribution >= 4 is 32.9 Å². The van der Waals surface area contributed by atoms with Gasteiger partial charge in [0, 0.05) is 11.8 Å². The Morgan fingerprint density at radius 3 is 1.70 bits per heavy atom. The molecule has 0 radical (unpaired) electrons. The molecule has 10 heavy (non-hydrogen) atoms. The molecule has 0 aliphatic heterocycles. The van der Waals surface area contributed by atoms with E-state index in [1.807, 2.05) is 0 Å². The third-order valence-electron chi connectivity index (χ3n) is 0.963. The van der Waals surface area contributed by atoms with E-state index in [0.29, 0.717) is 0 Å². The molecule has 2 nitrogen and oxygen atoms in total. The zero-order chi connectivity index (χ0) is 6.62. The predicted molar refractivity (Wildman–Crippen MR) is 56.7 cm³/mol. The van der Waals surface area contributed by atoms with Gasteiger partial charge >= 0.3 is 0 Å². The molecule has 3 N–H and O–H groups in total. The highest BCUT2D eigenvalue weighted by molar-refractivity contribution is 9.09. The van der Waals surface area contributed by atoms with E-state index in [9.17, 15) is 0 Å². The summed E-state index contributed by atoms with van der Waals surface area (Å²) < 4.78 is 1.08. The van der Waals surface area contributed by atoms with Gasteiger partial charge in [0.25, 0.3) is 0 Å². The smallest absolute Gasteiger partial charge is 0.0788 e. The van der Waals surface area contributed by atoms with Crippen LogP contribution in [-0.2, 0) is 0 Å². The van der Waals surface area contributed by atoms with Gasteiger partial charge in [0.15, 0.2) is 0 Å². The van der Waals surface area contributed by atoms with Crippen molar-refractivity contribution in [2.75, 3.05) is 33.0 Å². The Morgan fingerprint density at radius 2 is 1.60 bits per heavy atom. The molecule has 0 fully saturated rings. The summed E-state index contributed by atoms with van der Waals surface area (Å²) in [4.78, 5) is 0. The molecule has 4 heteroatoms. The number of hydrogen-bond donors (Lipinski definition) is 1. The molecule has 0 amide bonds. The Balaban J connectivity index is -0.000000245. The minimum absolute atomic E-state index is 0. The Hall–Kier alpha value is 0.880. The number of rotatable bonds is 3. The summed E-state index contributed by atoms with van der Waals surface area (Å²) in [6, 6.07) is 0. The summed E-state index contributed by atoms with van der Waals surface area (Å²) in [5.41, 5.74) is 0. The molecule has 66 valence electrons. The second-order valence-electron chi connectivity index (χ2n) is 3.06. The molecule has 0 atom stereocenters. The fourth-order valence-electron chi connectivity index (χ4n) is 0.534. The van der Waals surface area contributed by atoms with Gasteiger partial charge in [-0.25, -0.2) is 0 Å². The minimum atomic E-state index is 0. The van der Waals surface area contributed by atoms with Gasteiger partial charge in [0.1, 0.15) is 0 Å². The average Bonchev–Trinajstić information content (AvgIpc) is 1.59. The molecule has 0 bridgehead atoms. The van der Waals surface area contributed by atoms with Crippen molar-refractivity contribution in [2.24, 2.45) is 0 Å². The first kappa shape index (κ1) is 17.1. The Bertz CT molecular complexity index is 61.3. The Morgan fingerprint density at radius 1 is 1.20 bits per heavy atom. The fraction of sp³-hybridized carbons (Fsp3) is 1.00. The lowest BCUT2D eigenvalue weighted by Gasteiger charge is -2.22. The lowest BCUT2D eigenvalue weighted by atomic mass is 10.4. The molecule has 0 aromatic heterocycles. The van der Waals surface area contributed by atoms with E-state index in [2.05, 4.69) is 37.1 Å². The number of nitrogens with zero attached hydrogens (tertiary/aromatic N) is 1. The second kappa shape index (κ2) is 7.98. The third-order valence-corrected chi connectivity index (χ3v) is 1.52. The lowest BCUT2D eigenvalue weighted by molar-refractivity contribution is -0.870. The molecule has 0 heterocycles. The summed E-state index contributed by atoms with van der Waals surface area (Å²) >= 11 is 3.39. The average molecular weight is 279 g/mol. The molecule has 0 spiro atoms. The van der Waals surface area contributed by atoms with Gasteiger partial charge in [0.2, 0.25) is 0 Å². The van der Waals surface area contributed by atoms with E-state index in [1.54, 1.807) is 0 Å². The minimum Gasteiger partial charge on any atom is -0.344 e. The molecule has 0 aromatic rings. The zero-order valence-corrected chi connectivity index (χ0v) is 10.4. The normalized spacial score (nSPS) is 9.60. The molecule has 0 saturated carbocycles. The number of quaternary nitrogens is 1. The lowest BCUT2D eigenvalue weighted by Crippen LogP contribution is -2.35. The van der Waals surface area contributed by atoms with Crippen molar-refractivity contribution in [1.82, 2.24) is 6.15 Å². The first-order valence-corrected chi connectivity index (χ1v) is 4.05. The molecule has 0 aliphatic carbocycles. The van der Waals surface area contributed by atoms with Crippen LogP contribution < -0.4 is 6.15 Å². The van der Waals surface area contributed by atoms with Crippen LogP contribution >= 0.6 is 32.9 Å². The summed E-state index contributed by atoms with van der Waals surface area (Å²) in [5.74, 6) is 0. The van der Waals surface area contributed by atoms with E-state index in [0.717, 1.165) is 9.81 Å². The zero-order valence-electron chi connectivity index (χ0n) is 7.06. The Kier molecular flexibility index (Phi) is 13.7. The monoisotopic (exact) mass is 277 g/mol. The van der Waals surface area contributed by atoms with Gasteiger partial charge in [-0.2, -0.15) is 0 Å². The SMILES string of the molecule is Br.C[N+](C)(C)CCCBr.N. The fourth-order valence-corrected chi connectivity index (χ4v) is 0.785. The van der Waals surface area contributed by atoms with Gasteiger partial charge in [-0.05, 0) is 0 Å². The largest absolute Gasteiger partial charge is 0.344 e. The van der Waals surface area contributed by atoms with Gasteiger partial charge in [-0.3, -0.25) is 0 Å². The van der Waals surface area contributed by atoms with Crippen LogP contribution in [0.2, 0.25) is 0 Å². The topological polar surface area (TPSA) is 35.0 Å². The van der Waals surface area contributed by atoms with Crippen LogP contribution in [0.3, 0.4) is 0 Å². The molecule has 0 saturated heterocycles. The van der Waals surface area contributed by atoms with Gasteiger partial charge in [0.05, 0.1) is 27.7 Å². The van der Waals surface area contributed by atoms with Crippen molar-refractivity contribution < 1.29 is 4.48 Å². The molecular formula is C6H19Br2N2+. The van der Waals surface area contributed by atoms with Crippen molar-refractivity contribution in [3.05, 3.63) is 0 Å². The Labute approximate surface area is 83.0 Å². The maximum atomic E-state index is 3.39. The van der Waals surface area contributed by atoms with Crippen molar-refractivity contribution in [3.63, 3.8) is 0 Å². The quantitative estimate of drug-likeness (QED) is 0.624. The van der Waals surface area contributed by atoms with Gasteiger partial charge < -0.3 is 10.6 Å². The molecule has 0 aromatic carbocycles. The second-order valence-corrected chi connectivity index (χ2v) is 3.85. The van der Waals surface area contributed by atoms with Crippen LogP contribution in [-0.4, -0.2) is 37.5 Å². The van der Waals surface area contributed by atoms with E-state index in [4.69, 9.17) is 0 Å². The highest BCUT2D eigenvalue weighted by atomic mass is 79.9. The number of halogens is 2. The van der Waals surface area contributed by atoms with E-state index in [-0.39, 0.29) is 23.1 Å². The molecule has 0 unspecified atom stereocenters. The van der Waals surface area contributed by atoms with Crippen LogP contribution in [0.4, 0.5) is 0 Å². The highest BCUT2D eigenvalue weighted by Crippen LogP contribution is 1.95.